The van der Waals surface area contributed by atoms with Crippen LogP contribution in [0.25, 0.3) is 0 Å². The van der Waals surface area contributed by atoms with Gasteiger partial charge < -0.3 is 34.5 Å². The van der Waals surface area contributed by atoms with Crippen LogP contribution in [0, 0.1) is 5.82 Å². The molecule has 1 aliphatic rings. The molecule has 3 N–H and O–H groups in total. The minimum absolute atomic E-state index is 0.0187. The topological polar surface area (TPSA) is 115 Å². The summed E-state index contributed by atoms with van der Waals surface area (Å²) in [6.07, 6.45) is -1.12. The Morgan fingerprint density at radius 1 is 1.22 bits per heavy atom. The number of carbonyl (C=O) groups excluding carboxylic acids is 1. The summed E-state index contributed by atoms with van der Waals surface area (Å²) in [5.41, 5.74) is -1.29. The van der Waals surface area contributed by atoms with Crippen LogP contribution in [0.15, 0.2) is 18.2 Å². The predicted molar refractivity (Wildman–Crippen MR) is 116 cm³/mol. The fraction of sp³-hybridized carbons (Fsp3) is 0.600. The number of hydrogen-bond donors (Lipinski definition) is 3. The number of ether oxygens (including phenoxy) is 2. The third-order valence-electron chi connectivity index (χ3n) is 5.46. The van der Waals surface area contributed by atoms with Crippen molar-refractivity contribution in [3.8, 4) is 5.75 Å². The van der Waals surface area contributed by atoms with Gasteiger partial charge in [-0.25, -0.2) is 9.18 Å². The van der Waals surface area contributed by atoms with Crippen molar-refractivity contribution in [1.29, 1.82) is 0 Å². The highest BCUT2D eigenvalue weighted by Gasteiger charge is 2.54. The molecule has 2 atom stereocenters. The van der Waals surface area contributed by atoms with Gasteiger partial charge >= 0.3 is 13.2 Å². The van der Waals surface area contributed by atoms with Crippen molar-refractivity contribution in [2.24, 2.45) is 0 Å². The first-order chi connectivity index (χ1) is 14.9. The second kappa shape index (κ2) is 10.7. The molecule has 0 radical (unpaired) electrons. The van der Waals surface area contributed by atoms with Crippen molar-refractivity contribution in [2.45, 2.75) is 57.3 Å². The monoisotopic (exact) mass is 474 g/mol. The maximum absolute atomic E-state index is 13.6. The fourth-order valence-electron chi connectivity index (χ4n) is 2.98. The normalized spacial score (nSPS) is 18.7. The molecule has 9 nitrogen and oxygen atoms in total. The van der Waals surface area contributed by atoms with Gasteiger partial charge in [0.1, 0.15) is 17.6 Å². The number of halogens is 2. The van der Waals surface area contributed by atoms with Gasteiger partial charge in [-0.2, -0.15) is 0 Å². The van der Waals surface area contributed by atoms with Gasteiger partial charge in [-0.15, -0.1) is 0 Å². The minimum Gasteiger partial charge on any atom is -0.493 e. The van der Waals surface area contributed by atoms with Gasteiger partial charge in [0.2, 0.25) is 5.91 Å². The van der Waals surface area contributed by atoms with Crippen LogP contribution < -0.4 is 15.4 Å². The fourth-order valence-corrected chi connectivity index (χ4v) is 3.10. The van der Waals surface area contributed by atoms with Crippen LogP contribution in [0.3, 0.4) is 0 Å². The molecule has 0 spiro atoms. The lowest BCUT2D eigenvalue weighted by Crippen LogP contribution is -2.56. The zero-order valence-corrected chi connectivity index (χ0v) is 19.5. The van der Waals surface area contributed by atoms with E-state index in [0.717, 1.165) is 6.07 Å². The van der Waals surface area contributed by atoms with Crippen molar-refractivity contribution in [1.82, 2.24) is 10.6 Å². The number of methoxy groups -OCH3 is 1. The molecule has 1 fully saturated rings. The number of benzene rings is 1. The number of carbonyl (C=O) groups is 2. The van der Waals surface area contributed by atoms with E-state index in [-0.39, 0.29) is 30.4 Å². The Bertz CT molecular complexity index is 811. The number of nitrogens with one attached hydrogen (secondary N) is 2. The van der Waals surface area contributed by atoms with Crippen LogP contribution in [0.4, 0.5) is 9.18 Å². The summed E-state index contributed by atoms with van der Waals surface area (Å²) in [6.45, 7) is 7.43. The van der Waals surface area contributed by atoms with Crippen LogP contribution in [0.5, 0.6) is 5.75 Å². The van der Waals surface area contributed by atoms with Crippen molar-refractivity contribution in [3.63, 3.8) is 0 Å². The van der Waals surface area contributed by atoms with Crippen molar-refractivity contribution < 1.29 is 37.9 Å². The molecular formula is C20H29BClFN2O7. The zero-order valence-electron chi connectivity index (χ0n) is 18.7. The maximum atomic E-state index is 13.6. The number of amides is 2. The molecular weight excluding hydrogens is 445 g/mol. The van der Waals surface area contributed by atoms with E-state index >= 15 is 0 Å². The summed E-state index contributed by atoms with van der Waals surface area (Å²) >= 11 is 5.68. The number of carboxylic acid groups (broad SMARTS) is 1. The highest BCUT2D eigenvalue weighted by molar-refractivity contribution is 6.48. The van der Waals surface area contributed by atoms with E-state index in [2.05, 4.69) is 10.6 Å². The first-order valence-corrected chi connectivity index (χ1v) is 10.5. The van der Waals surface area contributed by atoms with Crippen LogP contribution >= 0.6 is 11.6 Å². The molecule has 32 heavy (non-hydrogen) atoms. The standard InChI is InChI=1S/C20H29BClFN2O7/c1-19(2)20(3,4)32-21(31-19)16(25-17(26)15(11-29-5)24-18(27)28)8-9-30-12-6-7-13(22)14(23)10-12/h6-7,10,15-16,24H,8-9,11H2,1-5H3,(H,25,26)(H,27,28)/t15?,16-/m0/s1. The van der Waals surface area contributed by atoms with Crippen LogP contribution in [-0.4, -0.2) is 67.7 Å². The summed E-state index contributed by atoms with van der Waals surface area (Å²) in [6, 6.07) is 2.94. The van der Waals surface area contributed by atoms with Gasteiger partial charge in [-0.3, -0.25) is 4.79 Å². The molecule has 0 aliphatic carbocycles. The second-order valence-corrected chi connectivity index (χ2v) is 8.82. The first kappa shape index (κ1) is 26.2. The zero-order chi connectivity index (χ0) is 24.1. The largest absolute Gasteiger partial charge is 0.493 e. The Morgan fingerprint density at radius 2 is 1.84 bits per heavy atom. The van der Waals surface area contributed by atoms with Crippen molar-refractivity contribution in [3.05, 3.63) is 29.0 Å². The highest BCUT2D eigenvalue weighted by atomic mass is 35.5. The molecule has 0 bridgehead atoms. The Morgan fingerprint density at radius 3 is 2.38 bits per heavy atom. The van der Waals surface area contributed by atoms with Crippen molar-refractivity contribution in [2.75, 3.05) is 20.3 Å². The summed E-state index contributed by atoms with van der Waals surface area (Å²) < 4.78 is 36.3. The SMILES string of the molecule is COCC(NC(=O)O)C(=O)N[C@@H](CCOc1ccc(Cl)c(F)c1)B1OC(C)(C)C(C)(C)O1. The van der Waals surface area contributed by atoms with Gasteiger partial charge in [0, 0.05) is 19.6 Å². The number of hydrogen-bond acceptors (Lipinski definition) is 6. The second-order valence-electron chi connectivity index (χ2n) is 8.41. The average Bonchev–Trinajstić information content (AvgIpc) is 2.90. The highest BCUT2D eigenvalue weighted by Crippen LogP contribution is 2.37. The van der Waals surface area contributed by atoms with Crippen molar-refractivity contribution >= 4 is 30.7 Å². The Kier molecular flexibility index (Phi) is 8.75. The molecule has 178 valence electrons. The molecule has 0 aromatic heterocycles. The van der Waals surface area contributed by atoms with Crippen LogP contribution in [0.1, 0.15) is 34.1 Å². The van der Waals surface area contributed by atoms with Crippen LogP contribution in [0.2, 0.25) is 5.02 Å². The molecule has 1 aromatic carbocycles. The van der Waals surface area contributed by atoms with E-state index in [1.54, 1.807) is 0 Å². The van der Waals surface area contributed by atoms with E-state index < -0.39 is 48.1 Å². The quantitative estimate of drug-likeness (QED) is 0.447. The van der Waals surface area contributed by atoms with E-state index in [4.69, 9.17) is 35.5 Å². The first-order valence-electron chi connectivity index (χ1n) is 10.1. The Balaban J connectivity index is 2.12. The van der Waals surface area contributed by atoms with Gasteiger partial charge in [0.15, 0.2) is 0 Å². The molecule has 12 heteroatoms. The molecule has 1 unspecified atom stereocenters. The Labute approximate surface area is 192 Å². The molecule has 1 saturated heterocycles. The predicted octanol–water partition coefficient (Wildman–Crippen LogP) is 2.65. The molecule has 1 heterocycles. The lowest BCUT2D eigenvalue weighted by molar-refractivity contribution is -0.124. The lowest BCUT2D eigenvalue weighted by atomic mass is 9.76. The average molecular weight is 475 g/mol. The third-order valence-corrected chi connectivity index (χ3v) is 5.77. The molecule has 1 aromatic rings. The summed E-state index contributed by atoms with van der Waals surface area (Å²) in [5.74, 6) is -1.63. The van der Waals surface area contributed by atoms with E-state index in [0.29, 0.717) is 0 Å². The van der Waals surface area contributed by atoms with Crippen LogP contribution in [-0.2, 0) is 18.8 Å². The smallest absolute Gasteiger partial charge is 0.481 e. The molecule has 1 aliphatic heterocycles. The van der Waals surface area contributed by atoms with Gasteiger partial charge in [-0.1, -0.05) is 11.6 Å². The maximum Gasteiger partial charge on any atom is 0.481 e. The van der Waals surface area contributed by atoms with E-state index in [1.807, 2.05) is 27.7 Å². The molecule has 0 saturated carbocycles. The molecule has 2 rings (SSSR count). The number of rotatable bonds is 10. The summed E-state index contributed by atoms with van der Waals surface area (Å²) in [7, 11) is 0.539. The van der Waals surface area contributed by atoms with Gasteiger partial charge in [0.05, 0.1) is 35.4 Å². The summed E-state index contributed by atoms with van der Waals surface area (Å²) in [5, 5.41) is 13.9. The van der Waals surface area contributed by atoms with E-state index in [1.165, 1.54) is 19.2 Å². The Hall–Kier alpha value is -2.08. The van der Waals surface area contributed by atoms with E-state index in [9.17, 15) is 14.0 Å². The van der Waals surface area contributed by atoms with Gasteiger partial charge in [-0.05, 0) is 39.8 Å². The lowest BCUT2D eigenvalue weighted by Gasteiger charge is -2.32. The summed E-state index contributed by atoms with van der Waals surface area (Å²) in [4.78, 5) is 23.8. The third kappa shape index (κ3) is 6.71. The molecule has 2 amide bonds. The minimum atomic E-state index is -1.36. The van der Waals surface area contributed by atoms with Gasteiger partial charge in [0.25, 0.3) is 0 Å².